The highest BCUT2D eigenvalue weighted by Crippen LogP contribution is 2.23. The lowest BCUT2D eigenvalue weighted by Crippen LogP contribution is -1.75. The lowest BCUT2D eigenvalue weighted by Gasteiger charge is -1.88. The molecule has 2 rings (SSSR count). The van der Waals surface area contributed by atoms with Crippen molar-refractivity contribution in [3.8, 4) is 0 Å². The van der Waals surface area contributed by atoms with Crippen molar-refractivity contribution in [3.05, 3.63) is 35.2 Å². The third-order valence-electron chi connectivity index (χ3n) is 1.78. The molecule has 0 fully saturated rings. The number of hydrogen-bond acceptors (Lipinski definition) is 2. The summed E-state index contributed by atoms with van der Waals surface area (Å²) in [6, 6.07) is 8.38. The van der Waals surface area contributed by atoms with Crippen LogP contribution in [0.5, 0.6) is 0 Å². The summed E-state index contributed by atoms with van der Waals surface area (Å²) >= 11 is 1.76. The van der Waals surface area contributed by atoms with Crippen LogP contribution in [-0.2, 0) is 0 Å². The summed E-state index contributed by atoms with van der Waals surface area (Å²) in [7, 11) is 1.80. The minimum Gasteiger partial charge on any atom is -0.296 e. The first kappa shape index (κ1) is 7.50. The van der Waals surface area contributed by atoms with Gasteiger partial charge in [0.05, 0.1) is 0 Å². The first-order valence-electron chi connectivity index (χ1n) is 3.80. The van der Waals surface area contributed by atoms with E-state index in [0.717, 1.165) is 0 Å². The fourth-order valence-electron chi connectivity index (χ4n) is 1.24. The molecule has 0 aliphatic rings. The molecule has 1 nitrogen and oxygen atoms in total. The topological polar surface area (TPSA) is 12.4 Å². The van der Waals surface area contributed by atoms with Crippen LogP contribution in [0.15, 0.2) is 34.6 Å². The highest BCUT2D eigenvalue weighted by Gasteiger charge is 1.98. The molecule has 1 heterocycles. The Morgan fingerprint density at radius 2 is 2.17 bits per heavy atom. The van der Waals surface area contributed by atoms with Crippen LogP contribution in [-0.4, -0.2) is 13.3 Å². The highest BCUT2D eigenvalue weighted by atomic mass is 32.1. The zero-order chi connectivity index (χ0) is 8.39. The molecule has 0 aliphatic heterocycles. The van der Waals surface area contributed by atoms with E-state index in [-0.39, 0.29) is 0 Å². The van der Waals surface area contributed by atoms with Gasteiger partial charge in [-0.05, 0) is 6.07 Å². The third-order valence-corrected chi connectivity index (χ3v) is 2.76. The van der Waals surface area contributed by atoms with E-state index in [1.54, 1.807) is 18.4 Å². The number of fused-ring (bicyclic) bond motifs is 1. The zero-order valence-electron chi connectivity index (χ0n) is 6.82. The molecule has 0 saturated heterocycles. The number of benzene rings is 1. The van der Waals surface area contributed by atoms with Gasteiger partial charge in [0, 0.05) is 34.3 Å². The van der Waals surface area contributed by atoms with Crippen molar-refractivity contribution in [1.29, 1.82) is 0 Å². The van der Waals surface area contributed by atoms with Crippen LogP contribution in [0.4, 0.5) is 0 Å². The summed E-state index contributed by atoms with van der Waals surface area (Å²) in [5, 5.41) is 3.44. The molecular weight excluding hydrogens is 166 g/mol. The number of nitrogens with zero attached hydrogens (tertiary/aromatic N) is 1. The maximum Gasteiger partial charge on any atom is 0.0349 e. The van der Waals surface area contributed by atoms with E-state index in [1.807, 2.05) is 6.21 Å². The monoisotopic (exact) mass is 175 g/mol. The summed E-state index contributed by atoms with van der Waals surface area (Å²) in [6.45, 7) is 0. The smallest absolute Gasteiger partial charge is 0.0349 e. The van der Waals surface area contributed by atoms with E-state index in [9.17, 15) is 0 Å². The molecule has 12 heavy (non-hydrogen) atoms. The normalized spacial score (nSPS) is 11.4. The van der Waals surface area contributed by atoms with E-state index in [1.165, 1.54) is 15.6 Å². The molecule has 0 radical (unpaired) electrons. The van der Waals surface area contributed by atoms with Gasteiger partial charge in [0.2, 0.25) is 0 Å². The van der Waals surface area contributed by atoms with Crippen LogP contribution in [0.3, 0.4) is 0 Å². The molecule has 0 saturated carbocycles. The van der Waals surface area contributed by atoms with Gasteiger partial charge in [-0.2, -0.15) is 0 Å². The van der Waals surface area contributed by atoms with E-state index in [0.29, 0.717) is 0 Å². The minimum atomic E-state index is 1.22. The van der Waals surface area contributed by atoms with E-state index in [2.05, 4.69) is 34.6 Å². The Morgan fingerprint density at radius 1 is 1.33 bits per heavy atom. The van der Waals surface area contributed by atoms with Crippen molar-refractivity contribution in [2.24, 2.45) is 4.99 Å². The summed E-state index contributed by atoms with van der Waals surface area (Å²) in [5.74, 6) is 0. The zero-order valence-corrected chi connectivity index (χ0v) is 7.64. The Labute approximate surface area is 75.4 Å². The maximum absolute atomic E-state index is 4.01. The molecule has 0 bridgehead atoms. The standard InChI is InChI=1S/C10H9NS/c1-11-6-8-7-12-10-5-3-2-4-9(8)10/h2-7H,1H3/b11-6+. The average Bonchev–Trinajstić information content (AvgIpc) is 2.50. The molecule has 0 amide bonds. The fraction of sp³-hybridized carbons (Fsp3) is 0.100. The lowest BCUT2D eigenvalue weighted by molar-refractivity contribution is 1.47. The van der Waals surface area contributed by atoms with Gasteiger partial charge in [0.1, 0.15) is 0 Å². The molecule has 0 unspecified atom stereocenters. The van der Waals surface area contributed by atoms with Gasteiger partial charge in [-0.1, -0.05) is 18.2 Å². The first-order chi connectivity index (χ1) is 5.92. The quantitative estimate of drug-likeness (QED) is 0.591. The van der Waals surface area contributed by atoms with E-state index in [4.69, 9.17) is 0 Å². The summed E-state index contributed by atoms with van der Waals surface area (Å²) in [5.41, 5.74) is 1.22. The second-order valence-corrected chi connectivity index (χ2v) is 3.49. The SMILES string of the molecule is C/N=C/c1csc2ccccc12. The van der Waals surface area contributed by atoms with Crippen molar-refractivity contribution in [2.75, 3.05) is 7.05 Å². The van der Waals surface area contributed by atoms with Crippen LogP contribution in [0.1, 0.15) is 5.56 Å². The van der Waals surface area contributed by atoms with Crippen LogP contribution < -0.4 is 0 Å². The Bertz CT molecular complexity index is 414. The highest BCUT2D eigenvalue weighted by molar-refractivity contribution is 7.17. The molecule has 2 heteroatoms. The molecule has 2 aromatic rings. The molecular formula is C10H9NS. The number of thiophene rings is 1. The lowest BCUT2D eigenvalue weighted by atomic mass is 10.2. The third kappa shape index (κ3) is 1.14. The van der Waals surface area contributed by atoms with Crippen molar-refractivity contribution < 1.29 is 0 Å². The molecule has 0 N–H and O–H groups in total. The van der Waals surface area contributed by atoms with Crippen molar-refractivity contribution >= 4 is 27.6 Å². The van der Waals surface area contributed by atoms with Crippen LogP contribution in [0.2, 0.25) is 0 Å². The number of rotatable bonds is 1. The van der Waals surface area contributed by atoms with Gasteiger partial charge in [-0.3, -0.25) is 4.99 Å². The second kappa shape index (κ2) is 3.07. The van der Waals surface area contributed by atoms with Crippen LogP contribution >= 0.6 is 11.3 Å². The van der Waals surface area contributed by atoms with Gasteiger partial charge in [0.15, 0.2) is 0 Å². The average molecular weight is 175 g/mol. The van der Waals surface area contributed by atoms with E-state index >= 15 is 0 Å². The Balaban J connectivity index is 2.70. The van der Waals surface area contributed by atoms with Gasteiger partial charge in [0.25, 0.3) is 0 Å². The second-order valence-electron chi connectivity index (χ2n) is 2.57. The Morgan fingerprint density at radius 3 is 3.00 bits per heavy atom. The van der Waals surface area contributed by atoms with Gasteiger partial charge in [-0.25, -0.2) is 0 Å². The van der Waals surface area contributed by atoms with Crippen molar-refractivity contribution in [3.63, 3.8) is 0 Å². The Hall–Kier alpha value is -1.15. The first-order valence-corrected chi connectivity index (χ1v) is 4.68. The molecule has 0 atom stereocenters. The summed E-state index contributed by atoms with van der Waals surface area (Å²) in [6.07, 6.45) is 1.90. The van der Waals surface area contributed by atoms with E-state index < -0.39 is 0 Å². The van der Waals surface area contributed by atoms with Crippen LogP contribution in [0.25, 0.3) is 10.1 Å². The Kier molecular flexibility index (Phi) is 1.92. The summed E-state index contributed by atoms with van der Waals surface area (Å²) < 4.78 is 1.33. The predicted molar refractivity (Wildman–Crippen MR) is 55.3 cm³/mol. The molecule has 1 aromatic carbocycles. The minimum absolute atomic E-state index is 1.22. The van der Waals surface area contributed by atoms with Gasteiger partial charge >= 0.3 is 0 Å². The van der Waals surface area contributed by atoms with Crippen molar-refractivity contribution in [1.82, 2.24) is 0 Å². The van der Waals surface area contributed by atoms with Crippen LogP contribution in [0, 0.1) is 0 Å². The maximum atomic E-state index is 4.01. The molecule has 1 aromatic heterocycles. The largest absolute Gasteiger partial charge is 0.296 e. The van der Waals surface area contributed by atoms with Gasteiger partial charge < -0.3 is 0 Å². The fourth-order valence-corrected chi connectivity index (χ4v) is 2.15. The summed E-state index contributed by atoms with van der Waals surface area (Å²) in [4.78, 5) is 4.01. The van der Waals surface area contributed by atoms with Crippen molar-refractivity contribution in [2.45, 2.75) is 0 Å². The number of hydrogen-bond donors (Lipinski definition) is 0. The molecule has 60 valence electrons. The molecule has 0 spiro atoms. The predicted octanol–water partition coefficient (Wildman–Crippen LogP) is 2.95. The van der Waals surface area contributed by atoms with Gasteiger partial charge in [-0.15, -0.1) is 11.3 Å². The number of aliphatic imine (C=N–C) groups is 1. The molecule has 0 aliphatic carbocycles.